The molecule has 0 aliphatic carbocycles. The number of benzene rings is 1. The van der Waals surface area contributed by atoms with Gasteiger partial charge in [0.2, 0.25) is 5.91 Å². The molecule has 0 saturated carbocycles. The molecule has 9 nitrogen and oxygen atoms in total. The van der Waals surface area contributed by atoms with E-state index in [1.807, 2.05) is 17.7 Å². The molecule has 5 rings (SSSR count). The van der Waals surface area contributed by atoms with Gasteiger partial charge in [-0.05, 0) is 68.1 Å². The molecule has 1 aliphatic rings. The number of likely N-dealkylation sites (N-methyl/N-ethyl adjacent to an activating group) is 1. The van der Waals surface area contributed by atoms with Gasteiger partial charge in [0.15, 0.2) is 5.65 Å². The molecule has 1 aliphatic heterocycles. The zero-order chi connectivity index (χ0) is 23.3. The number of aryl methyl sites for hydroxylation is 2. The first-order valence-electron chi connectivity index (χ1n) is 11.3. The van der Waals surface area contributed by atoms with E-state index >= 15 is 0 Å². The third kappa shape index (κ3) is 3.82. The first-order chi connectivity index (χ1) is 15.8. The summed E-state index contributed by atoms with van der Waals surface area (Å²) in [4.78, 5) is 36.3. The van der Waals surface area contributed by atoms with Crippen LogP contribution in [0.25, 0.3) is 27.8 Å². The molecule has 0 radical (unpaired) electrons. The number of imidazole rings is 1. The van der Waals surface area contributed by atoms with Crippen LogP contribution in [0.2, 0.25) is 0 Å². The zero-order valence-electron chi connectivity index (χ0n) is 19.5. The van der Waals surface area contributed by atoms with E-state index in [1.54, 1.807) is 29.8 Å². The summed E-state index contributed by atoms with van der Waals surface area (Å²) in [5.41, 5.74) is 6.68. The number of hydrogen-bond acceptors (Lipinski definition) is 5. The van der Waals surface area contributed by atoms with Gasteiger partial charge in [0.25, 0.3) is 0 Å². The number of nitrogens with one attached hydrogen (secondary N) is 1. The average Bonchev–Trinajstić information content (AvgIpc) is 3.37. The third-order valence-corrected chi connectivity index (χ3v) is 6.64. The van der Waals surface area contributed by atoms with Crippen molar-refractivity contribution in [3.05, 3.63) is 52.3 Å². The second-order valence-corrected chi connectivity index (χ2v) is 9.24. The lowest BCUT2D eigenvalue weighted by Gasteiger charge is -2.33. The van der Waals surface area contributed by atoms with Crippen molar-refractivity contribution in [2.75, 3.05) is 33.7 Å². The number of aromatic nitrogens is 5. The topological polar surface area (TPSA) is 91.5 Å². The molecule has 1 atom stereocenters. The Morgan fingerprint density at radius 1 is 1.21 bits per heavy atom. The van der Waals surface area contributed by atoms with Crippen LogP contribution in [0.15, 0.2) is 35.5 Å². The largest absolute Gasteiger partial charge is 0.348 e. The van der Waals surface area contributed by atoms with Crippen LogP contribution in [-0.2, 0) is 4.79 Å². The number of piperidine rings is 1. The van der Waals surface area contributed by atoms with Gasteiger partial charge in [-0.1, -0.05) is 0 Å². The molecular formula is C24H29N7O2. The van der Waals surface area contributed by atoms with Crippen LogP contribution in [0.3, 0.4) is 0 Å². The number of carbonyl (C=O) groups excluding carboxylic acids is 1. The monoisotopic (exact) mass is 447 g/mol. The lowest BCUT2D eigenvalue weighted by molar-refractivity contribution is -0.130. The van der Waals surface area contributed by atoms with Gasteiger partial charge in [-0.25, -0.2) is 14.3 Å². The number of nitrogens with zero attached hydrogens (tertiary/aromatic N) is 6. The van der Waals surface area contributed by atoms with E-state index in [0.29, 0.717) is 13.1 Å². The van der Waals surface area contributed by atoms with Gasteiger partial charge in [0.05, 0.1) is 23.6 Å². The summed E-state index contributed by atoms with van der Waals surface area (Å²) in [6, 6.07) is 6.28. The Morgan fingerprint density at radius 3 is 2.82 bits per heavy atom. The maximum Gasteiger partial charge on any atom is 0.326 e. The SMILES string of the molecule is Cc1cc2c(cc1-c1cc(C)c3ncnn3c1)[nH]c(=O)n2[C@@H]1CCCN(CC(=O)N(C)C)C1. The highest BCUT2D eigenvalue weighted by Gasteiger charge is 2.26. The second-order valence-electron chi connectivity index (χ2n) is 9.24. The minimum absolute atomic E-state index is 0.0361. The molecule has 1 fully saturated rings. The van der Waals surface area contributed by atoms with Crippen molar-refractivity contribution in [1.82, 2.24) is 33.9 Å². The smallest absolute Gasteiger partial charge is 0.326 e. The first kappa shape index (κ1) is 21.4. The fourth-order valence-corrected chi connectivity index (χ4v) is 4.91. The van der Waals surface area contributed by atoms with E-state index in [4.69, 9.17) is 0 Å². The number of carbonyl (C=O) groups is 1. The highest BCUT2D eigenvalue weighted by atomic mass is 16.2. The molecule has 4 aromatic rings. The summed E-state index contributed by atoms with van der Waals surface area (Å²) in [5.74, 6) is 0.0852. The molecule has 33 heavy (non-hydrogen) atoms. The Balaban J connectivity index is 1.51. The van der Waals surface area contributed by atoms with E-state index in [9.17, 15) is 9.59 Å². The van der Waals surface area contributed by atoms with Gasteiger partial charge >= 0.3 is 5.69 Å². The normalized spacial score (nSPS) is 17.2. The summed E-state index contributed by atoms with van der Waals surface area (Å²) in [6.45, 7) is 6.04. The summed E-state index contributed by atoms with van der Waals surface area (Å²) >= 11 is 0. The number of fused-ring (bicyclic) bond motifs is 2. The molecule has 1 N–H and O–H groups in total. The lowest BCUT2D eigenvalue weighted by atomic mass is 9.99. The fraction of sp³-hybridized carbons (Fsp3) is 0.417. The van der Waals surface area contributed by atoms with Crippen LogP contribution in [0.5, 0.6) is 0 Å². The van der Waals surface area contributed by atoms with Crippen molar-refractivity contribution in [3.8, 4) is 11.1 Å². The Bertz CT molecular complexity index is 1410. The highest BCUT2D eigenvalue weighted by molar-refractivity contribution is 5.85. The number of H-pyrrole nitrogens is 1. The molecule has 3 aromatic heterocycles. The summed E-state index contributed by atoms with van der Waals surface area (Å²) < 4.78 is 3.66. The van der Waals surface area contributed by atoms with Crippen molar-refractivity contribution in [1.29, 1.82) is 0 Å². The number of likely N-dealkylation sites (tertiary alicyclic amines) is 1. The Morgan fingerprint density at radius 2 is 2.03 bits per heavy atom. The molecule has 4 heterocycles. The number of rotatable bonds is 4. The highest BCUT2D eigenvalue weighted by Crippen LogP contribution is 2.31. The summed E-state index contributed by atoms with van der Waals surface area (Å²) in [6.07, 6.45) is 5.40. The van der Waals surface area contributed by atoms with Crippen LogP contribution in [0, 0.1) is 13.8 Å². The fourth-order valence-electron chi connectivity index (χ4n) is 4.91. The maximum absolute atomic E-state index is 13.0. The molecule has 0 unspecified atom stereocenters. The molecule has 0 spiro atoms. The Labute approximate surface area is 191 Å². The number of aromatic amines is 1. The Hall–Kier alpha value is -3.46. The van der Waals surface area contributed by atoms with E-state index in [2.05, 4.69) is 45.1 Å². The maximum atomic E-state index is 13.0. The minimum atomic E-state index is -0.102. The van der Waals surface area contributed by atoms with Gasteiger partial charge in [0.1, 0.15) is 6.33 Å². The quantitative estimate of drug-likeness (QED) is 0.519. The van der Waals surface area contributed by atoms with Crippen molar-refractivity contribution in [3.63, 3.8) is 0 Å². The van der Waals surface area contributed by atoms with Crippen LogP contribution < -0.4 is 5.69 Å². The molecule has 0 bridgehead atoms. The predicted octanol–water partition coefficient (Wildman–Crippen LogP) is 2.38. The standard InChI is InChI=1S/C24H29N7O2/c1-15-9-21-20(10-19(15)17-8-16(2)23-25-14-26-30(23)11-17)27-24(33)31(21)18-6-5-7-29(12-18)13-22(32)28(3)4/h8-11,14,18H,5-7,12-13H2,1-4H3,(H,27,33)/t18-/m1/s1. The van der Waals surface area contributed by atoms with Crippen molar-refractivity contribution >= 4 is 22.6 Å². The number of pyridine rings is 1. The molecular weight excluding hydrogens is 418 g/mol. The number of amides is 1. The van der Waals surface area contributed by atoms with E-state index in [1.165, 1.54) is 0 Å². The number of hydrogen-bond donors (Lipinski definition) is 1. The average molecular weight is 448 g/mol. The first-order valence-corrected chi connectivity index (χ1v) is 11.3. The lowest BCUT2D eigenvalue weighted by Crippen LogP contribution is -2.44. The van der Waals surface area contributed by atoms with Crippen LogP contribution >= 0.6 is 0 Å². The van der Waals surface area contributed by atoms with Gasteiger partial charge in [-0.3, -0.25) is 14.3 Å². The van der Waals surface area contributed by atoms with Crippen molar-refractivity contribution in [2.24, 2.45) is 0 Å². The molecule has 1 aromatic carbocycles. The van der Waals surface area contributed by atoms with Crippen molar-refractivity contribution < 1.29 is 4.79 Å². The summed E-state index contributed by atoms with van der Waals surface area (Å²) in [7, 11) is 3.55. The summed E-state index contributed by atoms with van der Waals surface area (Å²) in [5, 5.41) is 4.29. The minimum Gasteiger partial charge on any atom is -0.348 e. The van der Waals surface area contributed by atoms with Crippen LogP contribution in [0.1, 0.15) is 30.0 Å². The van der Waals surface area contributed by atoms with Crippen LogP contribution in [-0.4, -0.2) is 73.6 Å². The van der Waals surface area contributed by atoms with E-state index < -0.39 is 0 Å². The van der Waals surface area contributed by atoms with Gasteiger partial charge < -0.3 is 9.88 Å². The van der Waals surface area contributed by atoms with Crippen LogP contribution in [0.4, 0.5) is 0 Å². The second kappa shape index (κ2) is 8.15. The van der Waals surface area contributed by atoms with E-state index in [-0.39, 0.29) is 17.6 Å². The van der Waals surface area contributed by atoms with Gasteiger partial charge in [-0.2, -0.15) is 5.10 Å². The van der Waals surface area contributed by atoms with Crippen molar-refractivity contribution in [2.45, 2.75) is 32.7 Å². The van der Waals surface area contributed by atoms with E-state index in [0.717, 1.165) is 58.3 Å². The zero-order valence-corrected chi connectivity index (χ0v) is 19.5. The molecule has 172 valence electrons. The van der Waals surface area contributed by atoms with Gasteiger partial charge in [0, 0.05) is 32.4 Å². The molecule has 1 saturated heterocycles. The molecule has 9 heteroatoms. The predicted molar refractivity (Wildman–Crippen MR) is 127 cm³/mol. The molecule has 1 amide bonds. The Kier molecular flexibility index (Phi) is 5.28. The van der Waals surface area contributed by atoms with Gasteiger partial charge in [-0.15, -0.1) is 0 Å². The third-order valence-electron chi connectivity index (χ3n) is 6.64.